The van der Waals surface area contributed by atoms with Gasteiger partial charge in [-0.2, -0.15) is 0 Å². The molecular formula is C24H23N5O4. The molecule has 33 heavy (non-hydrogen) atoms. The van der Waals surface area contributed by atoms with Gasteiger partial charge in [-0.3, -0.25) is 14.4 Å². The van der Waals surface area contributed by atoms with Crippen molar-refractivity contribution in [1.29, 1.82) is 0 Å². The van der Waals surface area contributed by atoms with E-state index in [0.29, 0.717) is 11.3 Å². The van der Waals surface area contributed by atoms with Gasteiger partial charge in [-0.15, -0.1) is 0 Å². The lowest BCUT2D eigenvalue weighted by atomic mass is 9.91. The maximum atomic E-state index is 13.4. The number of fused-ring (bicyclic) bond motifs is 6. The molecule has 5 atom stereocenters. The standard InChI is InChI=1S/C24H23N5O4/c25-15(9-12-11-26-16-7-3-1-5-13(12)16)20(30)19-22(32)29-18(21(31)28-19)10-24(33)14-6-2-4-8-17(14)27-23(24)29/h1-8,11,15,18-19,23,26-27,33H,9-10,25H2,(H,28,31)/t15-,18-,19-,23-,24+/m0/s1. The van der Waals surface area contributed by atoms with Crippen molar-refractivity contribution in [2.45, 2.75) is 42.7 Å². The number of aliphatic hydroxyl groups is 1. The molecular weight excluding hydrogens is 422 g/mol. The first-order chi connectivity index (χ1) is 15.9. The lowest BCUT2D eigenvalue weighted by molar-refractivity contribution is -0.152. The number of rotatable bonds is 4. The average Bonchev–Trinajstić information content (AvgIpc) is 3.44. The summed E-state index contributed by atoms with van der Waals surface area (Å²) in [5.41, 5.74) is 7.97. The molecule has 0 radical (unpaired) electrons. The van der Waals surface area contributed by atoms with Crippen molar-refractivity contribution >= 4 is 34.2 Å². The fourth-order valence-corrected chi connectivity index (χ4v) is 5.49. The number of para-hydroxylation sites is 2. The van der Waals surface area contributed by atoms with Gasteiger partial charge in [-0.1, -0.05) is 36.4 Å². The van der Waals surface area contributed by atoms with Crippen molar-refractivity contribution in [3.63, 3.8) is 0 Å². The van der Waals surface area contributed by atoms with E-state index in [0.717, 1.165) is 16.5 Å². The summed E-state index contributed by atoms with van der Waals surface area (Å²) in [5, 5.41) is 18.1. The van der Waals surface area contributed by atoms with Crippen LogP contribution < -0.4 is 16.4 Å². The van der Waals surface area contributed by atoms with Gasteiger partial charge in [0.25, 0.3) is 5.91 Å². The third kappa shape index (κ3) is 2.76. The van der Waals surface area contributed by atoms with E-state index in [1.165, 1.54) is 4.90 Å². The van der Waals surface area contributed by atoms with E-state index < -0.39 is 47.5 Å². The van der Waals surface area contributed by atoms with Crippen molar-refractivity contribution in [2.75, 3.05) is 5.32 Å². The van der Waals surface area contributed by atoms with Crippen molar-refractivity contribution < 1.29 is 19.5 Å². The number of carbonyl (C=O) groups excluding carboxylic acids is 3. The second kappa shape index (κ2) is 6.90. The Morgan fingerprint density at radius 1 is 1.15 bits per heavy atom. The fourth-order valence-electron chi connectivity index (χ4n) is 5.49. The molecule has 0 aliphatic carbocycles. The lowest BCUT2D eigenvalue weighted by Crippen LogP contribution is -2.67. The zero-order valence-corrected chi connectivity index (χ0v) is 17.6. The Kier molecular flexibility index (Phi) is 4.17. The summed E-state index contributed by atoms with van der Waals surface area (Å²) in [6, 6.07) is 11.7. The van der Waals surface area contributed by atoms with Gasteiger partial charge in [0.05, 0.1) is 6.04 Å². The van der Waals surface area contributed by atoms with E-state index in [9.17, 15) is 19.5 Å². The zero-order chi connectivity index (χ0) is 22.9. The number of ketones is 1. The van der Waals surface area contributed by atoms with Crippen LogP contribution in [0.1, 0.15) is 17.5 Å². The number of amides is 2. The summed E-state index contributed by atoms with van der Waals surface area (Å²) >= 11 is 0. The summed E-state index contributed by atoms with van der Waals surface area (Å²) in [7, 11) is 0. The smallest absolute Gasteiger partial charge is 0.255 e. The molecule has 1 aromatic heterocycles. The fraction of sp³-hybridized carbons (Fsp3) is 0.292. The van der Waals surface area contributed by atoms with Gasteiger partial charge in [-0.05, 0) is 24.1 Å². The molecule has 6 rings (SSSR count). The topological polar surface area (TPSA) is 141 Å². The number of piperazine rings is 1. The molecule has 0 unspecified atom stereocenters. The predicted octanol–water partition coefficient (Wildman–Crippen LogP) is 0.346. The number of nitrogens with zero attached hydrogens (tertiary/aromatic N) is 1. The van der Waals surface area contributed by atoms with E-state index in [4.69, 9.17) is 5.73 Å². The number of nitrogens with two attached hydrogens (primary N) is 1. The first-order valence-electron chi connectivity index (χ1n) is 10.9. The number of H-pyrrole nitrogens is 1. The molecule has 168 valence electrons. The summed E-state index contributed by atoms with van der Waals surface area (Å²) in [5.74, 6) is -1.57. The highest BCUT2D eigenvalue weighted by Gasteiger charge is 2.63. The van der Waals surface area contributed by atoms with Crippen LogP contribution >= 0.6 is 0 Å². The van der Waals surface area contributed by atoms with Gasteiger partial charge >= 0.3 is 0 Å². The average molecular weight is 445 g/mol. The largest absolute Gasteiger partial charge is 0.381 e. The van der Waals surface area contributed by atoms with E-state index in [1.807, 2.05) is 36.4 Å². The molecule has 9 nitrogen and oxygen atoms in total. The Hall–Kier alpha value is -3.69. The van der Waals surface area contributed by atoms with Crippen LogP contribution in [0.5, 0.6) is 0 Å². The molecule has 3 aromatic rings. The predicted molar refractivity (Wildman–Crippen MR) is 120 cm³/mol. The number of hydrogen-bond acceptors (Lipinski definition) is 6. The lowest BCUT2D eigenvalue weighted by Gasteiger charge is -2.37. The van der Waals surface area contributed by atoms with Crippen molar-refractivity contribution in [2.24, 2.45) is 5.73 Å². The molecule has 6 N–H and O–H groups in total. The molecule has 2 amide bonds. The Balaban J connectivity index is 1.26. The number of aromatic nitrogens is 1. The van der Waals surface area contributed by atoms with Crippen LogP contribution in [0.15, 0.2) is 54.7 Å². The number of aromatic amines is 1. The Morgan fingerprint density at radius 2 is 1.91 bits per heavy atom. The van der Waals surface area contributed by atoms with Crippen LogP contribution in [0.2, 0.25) is 0 Å². The summed E-state index contributed by atoms with van der Waals surface area (Å²) in [4.78, 5) is 44.0. The SMILES string of the molecule is N[C@@H](Cc1c[nH]c2ccccc12)C(=O)[C@@H]1NC(=O)[C@@H]2C[C@@]3(O)c4ccccc4N[C@H]3N2C1=O. The number of carbonyl (C=O) groups is 3. The number of nitrogens with one attached hydrogen (secondary N) is 3. The number of anilines is 1. The second-order valence-corrected chi connectivity index (χ2v) is 9.00. The molecule has 0 bridgehead atoms. The van der Waals surface area contributed by atoms with Crippen LogP contribution in [-0.2, 0) is 26.4 Å². The first kappa shape index (κ1) is 20.0. The summed E-state index contributed by atoms with van der Waals surface area (Å²) in [6.45, 7) is 0. The highest BCUT2D eigenvalue weighted by Crippen LogP contribution is 2.50. The molecule has 0 saturated carbocycles. The number of hydrogen-bond donors (Lipinski definition) is 5. The van der Waals surface area contributed by atoms with Crippen molar-refractivity contribution in [1.82, 2.24) is 15.2 Å². The van der Waals surface area contributed by atoms with E-state index in [-0.39, 0.29) is 12.8 Å². The minimum Gasteiger partial charge on any atom is -0.381 e. The molecule has 3 aliphatic heterocycles. The minimum absolute atomic E-state index is 0.0571. The molecule has 2 fully saturated rings. The van der Waals surface area contributed by atoms with Gasteiger partial charge in [-0.25, -0.2) is 0 Å². The highest BCUT2D eigenvalue weighted by molar-refractivity contribution is 6.13. The number of Topliss-reactive ketones (excluding diaryl/α,β-unsaturated/α-hetero) is 1. The third-order valence-corrected chi connectivity index (χ3v) is 7.11. The maximum Gasteiger partial charge on any atom is 0.255 e. The zero-order valence-electron chi connectivity index (χ0n) is 17.6. The van der Waals surface area contributed by atoms with Gasteiger partial charge in [0.15, 0.2) is 11.8 Å². The van der Waals surface area contributed by atoms with E-state index >= 15 is 0 Å². The van der Waals surface area contributed by atoms with Gasteiger partial charge < -0.3 is 31.4 Å². The monoisotopic (exact) mass is 445 g/mol. The van der Waals surface area contributed by atoms with Crippen molar-refractivity contribution in [3.05, 3.63) is 65.9 Å². The third-order valence-electron chi connectivity index (χ3n) is 7.11. The molecule has 2 saturated heterocycles. The Labute approximate surface area is 188 Å². The quantitative estimate of drug-likeness (QED) is 0.367. The highest BCUT2D eigenvalue weighted by atomic mass is 16.3. The van der Waals surface area contributed by atoms with Crippen LogP contribution in [0, 0.1) is 0 Å². The maximum absolute atomic E-state index is 13.4. The molecule has 4 heterocycles. The summed E-state index contributed by atoms with van der Waals surface area (Å²) < 4.78 is 0. The van der Waals surface area contributed by atoms with E-state index in [2.05, 4.69) is 15.6 Å². The Bertz CT molecular complexity index is 1320. The summed E-state index contributed by atoms with van der Waals surface area (Å²) in [6.07, 6.45) is 1.26. The van der Waals surface area contributed by atoms with Gasteiger partial charge in [0.1, 0.15) is 17.8 Å². The molecule has 2 aromatic carbocycles. The minimum atomic E-state index is -1.40. The molecule has 0 spiro atoms. The number of benzene rings is 2. The van der Waals surface area contributed by atoms with Gasteiger partial charge in [0, 0.05) is 34.8 Å². The van der Waals surface area contributed by atoms with Crippen LogP contribution in [0.25, 0.3) is 10.9 Å². The second-order valence-electron chi connectivity index (χ2n) is 9.00. The Morgan fingerprint density at radius 3 is 2.76 bits per heavy atom. The van der Waals surface area contributed by atoms with Crippen LogP contribution in [0.3, 0.4) is 0 Å². The van der Waals surface area contributed by atoms with E-state index in [1.54, 1.807) is 18.3 Å². The first-order valence-corrected chi connectivity index (χ1v) is 10.9. The normalized spacial score (nSPS) is 28.7. The van der Waals surface area contributed by atoms with Crippen LogP contribution in [-0.4, -0.2) is 56.9 Å². The molecule has 9 heteroatoms. The molecule has 3 aliphatic rings. The van der Waals surface area contributed by atoms with Gasteiger partial charge in [0.2, 0.25) is 5.91 Å². The van der Waals surface area contributed by atoms with Crippen LogP contribution in [0.4, 0.5) is 5.69 Å². The van der Waals surface area contributed by atoms with Crippen molar-refractivity contribution in [3.8, 4) is 0 Å².